The van der Waals surface area contributed by atoms with Crippen LogP contribution in [0.4, 0.5) is 0 Å². The fourth-order valence-corrected chi connectivity index (χ4v) is 1.53. The highest BCUT2D eigenvalue weighted by molar-refractivity contribution is 7.99. The molecule has 0 aliphatic heterocycles. The molecule has 0 aliphatic rings. The molecule has 82 valence electrons. The summed E-state index contributed by atoms with van der Waals surface area (Å²) in [4.78, 5) is 20.5. The molecule has 7 heteroatoms. The third-order valence-corrected chi connectivity index (χ3v) is 2.67. The van der Waals surface area contributed by atoms with Gasteiger partial charge < -0.3 is 21.7 Å². The van der Waals surface area contributed by atoms with E-state index in [1.165, 1.54) is 0 Å². The van der Waals surface area contributed by atoms with Gasteiger partial charge in [0.05, 0.1) is 5.37 Å². The molecular formula is C7H14N2O4S. The summed E-state index contributed by atoms with van der Waals surface area (Å²) in [5.74, 6) is -1.80. The Morgan fingerprint density at radius 1 is 1.29 bits per heavy atom. The molecular weight excluding hydrogens is 208 g/mol. The van der Waals surface area contributed by atoms with Gasteiger partial charge in [-0.3, -0.25) is 9.59 Å². The van der Waals surface area contributed by atoms with Crippen LogP contribution in [-0.4, -0.2) is 39.3 Å². The van der Waals surface area contributed by atoms with E-state index >= 15 is 0 Å². The predicted octanol–water partition coefficient (Wildman–Crippen LogP) is -0.719. The zero-order chi connectivity index (χ0) is 11.1. The number of hydrogen-bond donors (Lipinski definition) is 4. The Hall–Kier alpha value is -0.790. The topological polar surface area (TPSA) is 127 Å². The maximum Gasteiger partial charge on any atom is 0.321 e. The largest absolute Gasteiger partial charge is 0.481 e. The zero-order valence-corrected chi connectivity index (χ0v) is 8.37. The second-order valence-electron chi connectivity index (χ2n) is 2.75. The molecule has 2 atom stereocenters. The summed E-state index contributed by atoms with van der Waals surface area (Å²) in [7, 11) is 0. The lowest BCUT2D eigenvalue weighted by Gasteiger charge is -2.11. The first-order valence-electron chi connectivity index (χ1n) is 4.01. The van der Waals surface area contributed by atoms with Gasteiger partial charge in [0.2, 0.25) is 0 Å². The van der Waals surface area contributed by atoms with E-state index in [1.807, 2.05) is 0 Å². The van der Waals surface area contributed by atoms with Crippen LogP contribution in [0.3, 0.4) is 0 Å². The normalized spacial score (nSPS) is 14.7. The van der Waals surface area contributed by atoms with E-state index in [2.05, 4.69) is 0 Å². The Kier molecular flexibility index (Phi) is 6.26. The fraction of sp³-hybridized carbons (Fsp3) is 0.714. The van der Waals surface area contributed by atoms with Crippen LogP contribution in [-0.2, 0) is 9.59 Å². The molecule has 0 bridgehead atoms. The van der Waals surface area contributed by atoms with Crippen molar-refractivity contribution in [2.24, 2.45) is 11.5 Å². The Labute approximate surface area is 85.6 Å². The first-order chi connectivity index (χ1) is 6.43. The van der Waals surface area contributed by atoms with Gasteiger partial charge in [-0.2, -0.15) is 0 Å². The van der Waals surface area contributed by atoms with Gasteiger partial charge in [0.25, 0.3) is 0 Å². The van der Waals surface area contributed by atoms with Gasteiger partial charge in [-0.1, -0.05) is 0 Å². The fourth-order valence-electron chi connectivity index (χ4n) is 0.648. The maximum absolute atomic E-state index is 10.3. The van der Waals surface area contributed by atoms with Gasteiger partial charge in [0.1, 0.15) is 6.04 Å². The highest BCUT2D eigenvalue weighted by Gasteiger charge is 2.14. The Bertz CT molecular complexity index is 212. The average Bonchev–Trinajstić information content (AvgIpc) is 2.10. The molecule has 0 fully saturated rings. The highest BCUT2D eigenvalue weighted by atomic mass is 32.2. The van der Waals surface area contributed by atoms with Crippen molar-refractivity contribution < 1.29 is 19.8 Å². The van der Waals surface area contributed by atoms with Gasteiger partial charge in [-0.25, -0.2) is 0 Å². The van der Waals surface area contributed by atoms with Crippen molar-refractivity contribution in [1.82, 2.24) is 0 Å². The van der Waals surface area contributed by atoms with Crippen molar-refractivity contribution in [3.63, 3.8) is 0 Å². The summed E-state index contributed by atoms with van der Waals surface area (Å²) in [6.07, 6.45) is 0.294. The van der Waals surface area contributed by atoms with Crippen LogP contribution in [0.2, 0.25) is 0 Å². The summed E-state index contributed by atoms with van der Waals surface area (Å²) in [5.41, 5.74) is 10.8. The molecule has 0 aromatic carbocycles. The molecule has 0 saturated heterocycles. The first-order valence-corrected chi connectivity index (χ1v) is 5.05. The average molecular weight is 222 g/mol. The maximum atomic E-state index is 10.3. The lowest BCUT2D eigenvalue weighted by molar-refractivity contribution is -0.138. The molecule has 6 N–H and O–H groups in total. The van der Waals surface area contributed by atoms with Crippen molar-refractivity contribution in [1.29, 1.82) is 0 Å². The highest BCUT2D eigenvalue weighted by Crippen LogP contribution is 2.11. The molecule has 0 saturated carbocycles. The van der Waals surface area contributed by atoms with E-state index in [-0.39, 0.29) is 17.5 Å². The monoisotopic (exact) mass is 222 g/mol. The molecule has 14 heavy (non-hydrogen) atoms. The van der Waals surface area contributed by atoms with Crippen LogP contribution in [0.15, 0.2) is 0 Å². The molecule has 0 radical (unpaired) electrons. The van der Waals surface area contributed by atoms with Crippen molar-refractivity contribution in [3.05, 3.63) is 0 Å². The van der Waals surface area contributed by atoms with E-state index in [1.54, 1.807) is 0 Å². The summed E-state index contributed by atoms with van der Waals surface area (Å²) in [5, 5.41) is 16.4. The minimum atomic E-state index is -1.08. The molecule has 0 aliphatic carbocycles. The van der Waals surface area contributed by atoms with Gasteiger partial charge >= 0.3 is 11.9 Å². The lowest BCUT2D eigenvalue weighted by Crippen LogP contribution is -2.34. The second kappa shape index (κ2) is 6.63. The minimum absolute atomic E-state index is 0.0174. The Morgan fingerprint density at radius 2 is 1.86 bits per heavy atom. The van der Waals surface area contributed by atoms with E-state index in [0.717, 1.165) is 11.8 Å². The smallest absolute Gasteiger partial charge is 0.321 e. The number of carbonyl (C=O) groups is 2. The SMILES string of the molecule is NC(CCC(=O)O)SC[C@H](N)C(=O)O. The summed E-state index contributed by atoms with van der Waals surface area (Å²) < 4.78 is 0. The predicted molar refractivity (Wildman–Crippen MR) is 52.9 cm³/mol. The van der Waals surface area contributed by atoms with E-state index < -0.39 is 18.0 Å². The van der Waals surface area contributed by atoms with Crippen LogP contribution in [0, 0.1) is 0 Å². The van der Waals surface area contributed by atoms with Gasteiger partial charge in [-0.15, -0.1) is 11.8 Å². The number of thioether (sulfide) groups is 1. The first kappa shape index (κ1) is 13.2. The molecule has 0 spiro atoms. The Morgan fingerprint density at radius 3 is 2.29 bits per heavy atom. The number of hydrogen-bond acceptors (Lipinski definition) is 5. The quantitative estimate of drug-likeness (QED) is 0.419. The number of rotatable bonds is 7. The third kappa shape index (κ3) is 6.70. The van der Waals surface area contributed by atoms with Crippen LogP contribution in [0.1, 0.15) is 12.8 Å². The van der Waals surface area contributed by atoms with Gasteiger partial charge in [-0.05, 0) is 6.42 Å². The van der Waals surface area contributed by atoms with Gasteiger partial charge in [0, 0.05) is 12.2 Å². The minimum Gasteiger partial charge on any atom is -0.481 e. The molecule has 1 unspecified atom stereocenters. The van der Waals surface area contributed by atoms with Gasteiger partial charge in [0.15, 0.2) is 0 Å². The van der Waals surface area contributed by atoms with Crippen molar-refractivity contribution >= 4 is 23.7 Å². The molecule has 0 rings (SSSR count). The number of nitrogens with two attached hydrogens (primary N) is 2. The van der Waals surface area contributed by atoms with Crippen LogP contribution in [0.25, 0.3) is 0 Å². The number of carboxylic acids is 2. The van der Waals surface area contributed by atoms with Crippen LogP contribution >= 0.6 is 11.8 Å². The van der Waals surface area contributed by atoms with Crippen molar-refractivity contribution in [2.45, 2.75) is 24.3 Å². The van der Waals surface area contributed by atoms with E-state index in [4.69, 9.17) is 21.7 Å². The van der Waals surface area contributed by atoms with Crippen LogP contribution in [0.5, 0.6) is 0 Å². The Balaban J connectivity index is 3.58. The summed E-state index contributed by atoms with van der Waals surface area (Å²) >= 11 is 1.16. The van der Waals surface area contributed by atoms with Crippen molar-refractivity contribution in [2.75, 3.05) is 5.75 Å². The number of aliphatic carboxylic acids is 2. The molecule has 0 amide bonds. The standard InChI is InChI=1S/C7H14N2O4S/c8-4(7(12)13)3-14-5(9)1-2-6(10)11/h4-5H,1-3,8-9H2,(H,10,11)(H,12,13)/t4-,5?/m0/s1. The molecule has 0 aromatic rings. The van der Waals surface area contributed by atoms with E-state index in [9.17, 15) is 9.59 Å². The zero-order valence-electron chi connectivity index (χ0n) is 7.55. The third-order valence-electron chi connectivity index (χ3n) is 1.45. The van der Waals surface area contributed by atoms with Crippen LogP contribution < -0.4 is 11.5 Å². The second-order valence-corrected chi connectivity index (χ2v) is 4.02. The summed E-state index contributed by atoms with van der Waals surface area (Å²) in [6.45, 7) is 0. The molecule has 6 nitrogen and oxygen atoms in total. The lowest BCUT2D eigenvalue weighted by atomic mass is 10.3. The number of carboxylic acid groups (broad SMARTS) is 2. The van der Waals surface area contributed by atoms with Crippen molar-refractivity contribution in [3.8, 4) is 0 Å². The molecule has 0 aromatic heterocycles. The van der Waals surface area contributed by atoms with E-state index in [0.29, 0.717) is 6.42 Å². The summed E-state index contributed by atoms with van der Waals surface area (Å²) in [6, 6.07) is -0.948. The molecule has 0 heterocycles.